The number of amides is 2. The predicted molar refractivity (Wildman–Crippen MR) is 125 cm³/mol. The summed E-state index contributed by atoms with van der Waals surface area (Å²) in [6.07, 6.45) is 8.81. The summed E-state index contributed by atoms with van der Waals surface area (Å²) in [6.45, 7) is 2.19. The number of carbonyl (C=O) groups is 2. The van der Waals surface area contributed by atoms with Gasteiger partial charge in [-0.05, 0) is 50.8 Å². The highest BCUT2D eigenvalue weighted by Crippen LogP contribution is 2.30. The van der Waals surface area contributed by atoms with E-state index in [1.807, 2.05) is 34.8 Å². The Hall–Kier alpha value is -3.16. The third kappa shape index (κ3) is 5.26. The van der Waals surface area contributed by atoms with Crippen LogP contribution in [0.1, 0.15) is 66.6 Å². The number of nitrogens with zero attached hydrogens (tertiary/aromatic N) is 4. The van der Waals surface area contributed by atoms with Gasteiger partial charge in [0.05, 0.1) is 11.5 Å². The Morgan fingerprint density at radius 2 is 1.76 bits per heavy atom. The highest BCUT2D eigenvalue weighted by atomic mass is 16.6. The third-order valence-electron chi connectivity index (χ3n) is 6.93. The Kier molecular flexibility index (Phi) is 6.81. The second-order valence-electron chi connectivity index (χ2n) is 9.35. The lowest BCUT2D eigenvalue weighted by Crippen LogP contribution is -2.48. The quantitative estimate of drug-likeness (QED) is 0.443. The summed E-state index contributed by atoms with van der Waals surface area (Å²) in [7, 11) is 1.97. The van der Waals surface area contributed by atoms with Crippen molar-refractivity contribution in [3.8, 4) is 0 Å². The molecule has 2 fully saturated rings. The maximum absolute atomic E-state index is 13.6. The van der Waals surface area contributed by atoms with Crippen LogP contribution < -0.4 is 0 Å². The van der Waals surface area contributed by atoms with Crippen molar-refractivity contribution in [1.82, 2.24) is 14.4 Å². The first kappa shape index (κ1) is 23.0. The molecule has 2 aliphatic carbocycles. The monoisotopic (exact) mass is 452 g/mol. The molecule has 2 aromatic rings. The van der Waals surface area contributed by atoms with Gasteiger partial charge in [-0.1, -0.05) is 25.3 Å². The molecule has 0 N–H and O–H groups in total. The first-order valence-electron chi connectivity index (χ1n) is 11.8. The summed E-state index contributed by atoms with van der Waals surface area (Å²) in [5.41, 5.74) is 1.77. The molecule has 0 radical (unpaired) electrons. The van der Waals surface area contributed by atoms with Crippen LogP contribution in [0.15, 0.2) is 36.5 Å². The van der Waals surface area contributed by atoms with E-state index >= 15 is 0 Å². The van der Waals surface area contributed by atoms with E-state index in [0.29, 0.717) is 12.1 Å². The number of nitro groups is 1. The fourth-order valence-corrected chi connectivity index (χ4v) is 4.74. The van der Waals surface area contributed by atoms with E-state index < -0.39 is 4.92 Å². The fraction of sp³-hybridized carbons (Fsp3) is 0.520. The number of hydrogen-bond donors (Lipinski definition) is 0. The molecule has 1 aromatic carbocycles. The minimum absolute atomic E-state index is 0.00605. The van der Waals surface area contributed by atoms with Gasteiger partial charge in [-0.25, -0.2) is 0 Å². The van der Waals surface area contributed by atoms with Crippen molar-refractivity contribution in [2.45, 2.75) is 70.5 Å². The summed E-state index contributed by atoms with van der Waals surface area (Å²) in [6, 6.07) is 8.76. The average Bonchev–Trinajstić information content (AvgIpc) is 3.57. The molecule has 2 aliphatic rings. The van der Waals surface area contributed by atoms with Gasteiger partial charge in [0.2, 0.25) is 5.91 Å². The zero-order chi connectivity index (χ0) is 23.5. The Morgan fingerprint density at radius 1 is 1.06 bits per heavy atom. The second kappa shape index (κ2) is 9.77. The summed E-state index contributed by atoms with van der Waals surface area (Å²) >= 11 is 0. The SMILES string of the molecule is Cc1ccc(C(=O)N(CC(=O)N(Cc2cccn2C)C2CC2)C2CCCCC2)cc1[N+](=O)[O-]. The van der Waals surface area contributed by atoms with Crippen LogP contribution in [0.3, 0.4) is 0 Å². The molecule has 2 saturated carbocycles. The molecule has 176 valence electrons. The molecule has 1 heterocycles. The molecule has 8 heteroatoms. The van der Waals surface area contributed by atoms with E-state index in [1.165, 1.54) is 6.07 Å². The van der Waals surface area contributed by atoms with Gasteiger partial charge in [0.1, 0.15) is 6.54 Å². The van der Waals surface area contributed by atoms with Gasteiger partial charge in [0, 0.05) is 48.2 Å². The van der Waals surface area contributed by atoms with Crippen molar-refractivity contribution < 1.29 is 14.5 Å². The normalized spacial score (nSPS) is 16.4. The number of aryl methyl sites for hydroxylation is 2. The van der Waals surface area contributed by atoms with Crippen LogP contribution in [0.2, 0.25) is 0 Å². The molecule has 0 bridgehead atoms. The zero-order valence-corrected chi connectivity index (χ0v) is 19.4. The number of nitro benzene ring substituents is 1. The minimum Gasteiger partial charge on any atom is -0.353 e. The predicted octanol–water partition coefficient (Wildman–Crippen LogP) is 4.21. The molecule has 0 aliphatic heterocycles. The van der Waals surface area contributed by atoms with Gasteiger partial charge in [-0.3, -0.25) is 19.7 Å². The van der Waals surface area contributed by atoms with Crippen LogP contribution in [-0.2, 0) is 18.4 Å². The van der Waals surface area contributed by atoms with Crippen LogP contribution in [0.5, 0.6) is 0 Å². The van der Waals surface area contributed by atoms with Crippen molar-refractivity contribution in [1.29, 1.82) is 0 Å². The number of aromatic nitrogens is 1. The van der Waals surface area contributed by atoms with Crippen molar-refractivity contribution in [2.75, 3.05) is 6.54 Å². The summed E-state index contributed by atoms with van der Waals surface area (Å²) in [4.78, 5) is 41.6. The van der Waals surface area contributed by atoms with Gasteiger partial charge in [0.15, 0.2) is 0 Å². The van der Waals surface area contributed by atoms with Crippen LogP contribution in [0.4, 0.5) is 5.69 Å². The molecule has 8 nitrogen and oxygen atoms in total. The molecular weight excluding hydrogens is 420 g/mol. The van der Waals surface area contributed by atoms with Gasteiger partial charge < -0.3 is 14.4 Å². The van der Waals surface area contributed by atoms with Gasteiger partial charge >= 0.3 is 0 Å². The maximum atomic E-state index is 13.6. The average molecular weight is 453 g/mol. The molecule has 0 atom stereocenters. The molecule has 1 aromatic heterocycles. The number of carbonyl (C=O) groups excluding carboxylic acids is 2. The van der Waals surface area contributed by atoms with E-state index in [-0.39, 0.29) is 41.7 Å². The van der Waals surface area contributed by atoms with Crippen LogP contribution in [0.25, 0.3) is 0 Å². The van der Waals surface area contributed by atoms with E-state index in [0.717, 1.165) is 50.6 Å². The third-order valence-corrected chi connectivity index (χ3v) is 6.93. The first-order valence-corrected chi connectivity index (χ1v) is 11.8. The van der Waals surface area contributed by atoms with Crippen LogP contribution >= 0.6 is 0 Å². The first-order chi connectivity index (χ1) is 15.8. The van der Waals surface area contributed by atoms with Gasteiger partial charge in [-0.2, -0.15) is 0 Å². The molecule has 0 spiro atoms. The Bertz CT molecular complexity index is 1040. The van der Waals surface area contributed by atoms with E-state index in [4.69, 9.17) is 0 Å². The lowest BCUT2D eigenvalue weighted by molar-refractivity contribution is -0.385. The molecule has 0 unspecified atom stereocenters. The highest BCUT2D eigenvalue weighted by Gasteiger charge is 2.36. The van der Waals surface area contributed by atoms with Crippen molar-refractivity contribution in [3.63, 3.8) is 0 Å². The van der Waals surface area contributed by atoms with Crippen LogP contribution in [-0.4, -0.2) is 49.7 Å². The molecule has 4 rings (SSSR count). The van der Waals surface area contributed by atoms with Gasteiger partial charge in [0.25, 0.3) is 11.6 Å². The Labute approximate surface area is 194 Å². The molecular formula is C25H32N4O4. The lowest BCUT2D eigenvalue weighted by atomic mass is 9.93. The topological polar surface area (TPSA) is 88.7 Å². The zero-order valence-electron chi connectivity index (χ0n) is 19.4. The fourth-order valence-electron chi connectivity index (χ4n) is 4.74. The van der Waals surface area contributed by atoms with Crippen LogP contribution in [0, 0.1) is 17.0 Å². The van der Waals surface area contributed by atoms with Gasteiger partial charge in [-0.15, -0.1) is 0 Å². The minimum atomic E-state index is -0.461. The highest BCUT2D eigenvalue weighted by molar-refractivity contribution is 5.97. The second-order valence-corrected chi connectivity index (χ2v) is 9.35. The summed E-state index contributed by atoms with van der Waals surface area (Å²) < 4.78 is 2.01. The Balaban J connectivity index is 1.58. The van der Waals surface area contributed by atoms with E-state index in [2.05, 4.69) is 0 Å². The summed E-state index contributed by atoms with van der Waals surface area (Å²) in [5.74, 6) is -0.354. The summed E-state index contributed by atoms with van der Waals surface area (Å²) in [5, 5.41) is 11.4. The number of benzene rings is 1. The number of rotatable bonds is 8. The lowest BCUT2D eigenvalue weighted by Gasteiger charge is -2.35. The maximum Gasteiger partial charge on any atom is 0.273 e. The van der Waals surface area contributed by atoms with E-state index in [1.54, 1.807) is 24.0 Å². The molecule has 33 heavy (non-hydrogen) atoms. The molecule has 0 saturated heterocycles. The van der Waals surface area contributed by atoms with Crippen molar-refractivity contribution in [2.24, 2.45) is 7.05 Å². The largest absolute Gasteiger partial charge is 0.353 e. The number of hydrogen-bond acceptors (Lipinski definition) is 4. The van der Waals surface area contributed by atoms with Crippen molar-refractivity contribution in [3.05, 3.63) is 63.5 Å². The standard InChI is InChI=1S/C25H32N4O4/c1-18-10-11-19(15-23(18)29(32)33)25(31)28(20-7-4-3-5-8-20)17-24(30)27(21-12-13-21)16-22-9-6-14-26(22)2/h6,9-11,14-15,20-21H,3-5,7-8,12-13,16-17H2,1-2H3. The smallest absolute Gasteiger partial charge is 0.273 e. The molecule has 2 amide bonds. The van der Waals surface area contributed by atoms with E-state index in [9.17, 15) is 19.7 Å². The Morgan fingerprint density at radius 3 is 2.36 bits per heavy atom. The van der Waals surface area contributed by atoms with Crippen molar-refractivity contribution >= 4 is 17.5 Å².